The molecule has 2 saturated heterocycles. The highest BCUT2D eigenvalue weighted by molar-refractivity contribution is 6.18. The molecule has 0 spiro atoms. The molecule has 5 rings (SSSR count). The molecule has 180 valence electrons. The molecule has 0 saturated carbocycles. The summed E-state index contributed by atoms with van der Waals surface area (Å²) < 4.78 is 5.35. The Morgan fingerprint density at radius 1 is 1.17 bits per heavy atom. The maximum atomic E-state index is 12.9. The molecule has 35 heavy (non-hydrogen) atoms. The van der Waals surface area contributed by atoms with E-state index in [9.17, 15) is 24.0 Å². The Morgan fingerprint density at radius 2 is 2.00 bits per heavy atom. The quantitative estimate of drug-likeness (QED) is 0.581. The van der Waals surface area contributed by atoms with Crippen molar-refractivity contribution in [1.29, 1.82) is 0 Å². The Hall–Kier alpha value is -4.35. The third-order valence-corrected chi connectivity index (χ3v) is 6.20. The fraction of sp³-hybridized carbons (Fsp3) is 0.348. The summed E-state index contributed by atoms with van der Waals surface area (Å²) in [5.41, 5.74) is 1.52. The molecule has 5 amide bonds. The fourth-order valence-electron chi connectivity index (χ4n) is 4.43. The molecule has 2 aromatic rings. The van der Waals surface area contributed by atoms with Crippen molar-refractivity contribution in [2.75, 3.05) is 18.5 Å². The molecule has 4 heterocycles. The number of nitrogens with zero attached hydrogens (tertiary/aromatic N) is 5. The van der Waals surface area contributed by atoms with Gasteiger partial charge in [-0.3, -0.25) is 34.2 Å². The number of aromatic nitrogens is 2. The first-order valence-corrected chi connectivity index (χ1v) is 11.2. The number of rotatable bonds is 6. The van der Waals surface area contributed by atoms with E-state index in [2.05, 4.69) is 15.5 Å². The van der Waals surface area contributed by atoms with Crippen molar-refractivity contribution < 1.29 is 28.5 Å². The van der Waals surface area contributed by atoms with Crippen molar-refractivity contribution in [2.45, 2.75) is 38.3 Å². The van der Waals surface area contributed by atoms with E-state index in [-0.39, 0.29) is 36.9 Å². The number of amides is 5. The number of nitrogens with one attached hydrogen (secondary N) is 1. The number of hydrogen-bond acceptors (Lipinski definition) is 9. The molecule has 0 radical (unpaired) electrons. The molecular formula is C23H22N6O6. The minimum atomic E-state index is -1.03. The zero-order valence-corrected chi connectivity index (χ0v) is 18.9. The van der Waals surface area contributed by atoms with Gasteiger partial charge in [-0.2, -0.15) is 4.98 Å². The lowest BCUT2D eigenvalue weighted by molar-refractivity contribution is -0.150. The van der Waals surface area contributed by atoms with Gasteiger partial charge in [0.15, 0.2) is 0 Å². The summed E-state index contributed by atoms with van der Waals surface area (Å²) >= 11 is 0. The lowest BCUT2D eigenvalue weighted by atomic mass is 10.0. The summed E-state index contributed by atoms with van der Waals surface area (Å²) in [7, 11) is 1.59. The number of imide groups is 2. The zero-order valence-electron chi connectivity index (χ0n) is 18.9. The van der Waals surface area contributed by atoms with Crippen LogP contribution in [0.1, 0.15) is 31.6 Å². The van der Waals surface area contributed by atoms with E-state index >= 15 is 0 Å². The first-order valence-electron chi connectivity index (χ1n) is 11.2. The number of carbonyl (C=O) groups is 5. The van der Waals surface area contributed by atoms with E-state index in [1.54, 1.807) is 11.9 Å². The molecule has 1 aromatic heterocycles. The first kappa shape index (κ1) is 22.4. The predicted molar refractivity (Wildman–Crippen MR) is 119 cm³/mol. The second-order valence-electron chi connectivity index (χ2n) is 8.58. The van der Waals surface area contributed by atoms with Crippen LogP contribution in [0.25, 0.3) is 11.4 Å². The van der Waals surface area contributed by atoms with Gasteiger partial charge in [0, 0.05) is 43.8 Å². The van der Waals surface area contributed by atoms with E-state index in [1.807, 2.05) is 24.3 Å². The minimum absolute atomic E-state index is 0.0470. The lowest BCUT2D eigenvalue weighted by Gasteiger charge is -2.29. The molecule has 3 aliphatic rings. The van der Waals surface area contributed by atoms with Crippen molar-refractivity contribution in [3.63, 3.8) is 0 Å². The summed E-state index contributed by atoms with van der Waals surface area (Å²) in [5.74, 6) is -1.73. The molecule has 1 N–H and O–H groups in total. The smallest absolute Gasteiger partial charge is 0.277 e. The van der Waals surface area contributed by atoms with Crippen molar-refractivity contribution >= 4 is 35.2 Å². The van der Waals surface area contributed by atoms with E-state index in [0.29, 0.717) is 24.4 Å². The van der Waals surface area contributed by atoms with Gasteiger partial charge in [-0.15, -0.1) is 0 Å². The molecule has 12 heteroatoms. The molecule has 2 fully saturated rings. The maximum Gasteiger partial charge on any atom is 0.277 e. The van der Waals surface area contributed by atoms with Crippen molar-refractivity contribution in [2.24, 2.45) is 0 Å². The number of anilines is 1. The fourth-order valence-corrected chi connectivity index (χ4v) is 4.43. The third kappa shape index (κ3) is 4.18. The van der Waals surface area contributed by atoms with Crippen molar-refractivity contribution in [3.05, 3.63) is 41.9 Å². The predicted octanol–water partition coefficient (Wildman–Crippen LogP) is 0.353. The average Bonchev–Trinajstić information content (AvgIpc) is 3.54. The highest BCUT2D eigenvalue weighted by Gasteiger charge is 2.43. The second-order valence-corrected chi connectivity index (χ2v) is 8.58. The van der Waals surface area contributed by atoms with Crippen LogP contribution in [0.3, 0.4) is 0 Å². The average molecular weight is 478 g/mol. The van der Waals surface area contributed by atoms with Gasteiger partial charge >= 0.3 is 0 Å². The highest BCUT2D eigenvalue weighted by Crippen LogP contribution is 2.27. The van der Waals surface area contributed by atoms with Crippen LogP contribution in [0, 0.1) is 0 Å². The highest BCUT2D eigenvalue weighted by atomic mass is 16.5. The molecular weight excluding hydrogens is 456 g/mol. The number of hydrogen-bond donors (Lipinski definition) is 1. The normalized spacial score (nSPS) is 20.5. The van der Waals surface area contributed by atoms with Gasteiger partial charge in [0.1, 0.15) is 11.7 Å². The van der Waals surface area contributed by atoms with E-state index in [4.69, 9.17) is 4.52 Å². The number of likely N-dealkylation sites (N-methyl/N-ethyl adjacent to an activating group) is 1. The monoisotopic (exact) mass is 478 g/mol. The van der Waals surface area contributed by atoms with Gasteiger partial charge in [-0.25, -0.2) is 0 Å². The molecule has 1 unspecified atom stereocenters. The van der Waals surface area contributed by atoms with Crippen LogP contribution in [0.2, 0.25) is 0 Å². The van der Waals surface area contributed by atoms with Crippen molar-refractivity contribution in [1.82, 2.24) is 25.3 Å². The van der Waals surface area contributed by atoms with Gasteiger partial charge in [0.2, 0.25) is 29.4 Å². The molecule has 1 atom stereocenters. The van der Waals surface area contributed by atoms with Gasteiger partial charge in [-0.1, -0.05) is 17.3 Å². The molecule has 0 aliphatic carbocycles. The van der Waals surface area contributed by atoms with Crippen LogP contribution in [0.4, 0.5) is 5.69 Å². The van der Waals surface area contributed by atoms with Crippen LogP contribution in [0.15, 0.2) is 40.6 Å². The summed E-state index contributed by atoms with van der Waals surface area (Å²) in [5, 5.41) is 6.17. The van der Waals surface area contributed by atoms with Crippen LogP contribution in [0.5, 0.6) is 0 Å². The Bertz CT molecular complexity index is 1280. The van der Waals surface area contributed by atoms with Crippen LogP contribution < -0.4 is 10.2 Å². The topological polar surface area (TPSA) is 146 Å². The second kappa shape index (κ2) is 8.78. The molecule has 1 aromatic carbocycles. The Kier molecular flexibility index (Phi) is 5.63. The number of benzene rings is 1. The van der Waals surface area contributed by atoms with E-state index in [0.717, 1.165) is 23.1 Å². The molecule has 12 nitrogen and oxygen atoms in total. The summed E-state index contributed by atoms with van der Waals surface area (Å²) in [6, 6.07) is 6.27. The number of carbonyl (C=O) groups excluding carboxylic acids is 5. The van der Waals surface area contributed by atoms with Gasteiger partial charge < -0.3 is 14.3 Å². The zero-order chi connectivity index (χ0) is 24.7. The maximum absolute atomic E-state index is 12.9. The Labute approximate surface area is 199 Å². The summed E-state index contributed by atoms with van der Waals surface area (Å²) in [4.78, 5) is 69.5. The molecule has 0 bridgehead atoms. The van der Waals surface area contributed by atoms with Crippen LogP contribution in [-0.4, -0.2) is 69.1 Å². The lowest BCUT2D eigenvalue weighted by Crippen LogP contribution is -2.54. The van der Waals surface area contributed by atoms with Gasteiger partial charge in [0.05, 0.1) is 6.54 Å². The summed E-state index contributed by atoms with van der Waals surface area (Å²) in [6.45, 7) is 0.716. The third-order valence-electron chi connectivity index (χ3n) is 6.20. The van der Waals surface area contributed by atoms with Crippen LogP contribution in [-0.2, 0) is 30.5 Å². The van der Waals surface area contributed by atoms with Gasteiger partial charge in [0.25, 0.3) is 11.8 Å². The van der Waals surface area contributed by atoms with E-state index in [1.165, 1.54) is 4.90 Å². The number of piperidine rings is 1. The Morgan fingerprint density at radius 3 is 2.74 bits per heavy atom. The standard InChI is InChI=1S/C23H22N6O6/c1-27(16-11-20(32)29(23(16)34)15-7-8-17(30)24-22(15)33)12-18-25-21(26-35-18)13-4-2-5-14(10-13)28-9-3-6-19(28)31/h2,4-5,10-11,15H,3,6-9,12H2,1H3,(H,24,30,33). The van der Waals surface area contributed by atoms with Crippen LogP contribution >= 0.6 is 0 Å². The summed E-state index contributed by atoms with van der Waals surface area (Å²) in [6.07, 6.45) is 2.64. The van der Waals surface area contributed by atoms with Crippen molar-refractivity contribution in [3.8, 4) is 11.4 Å². The molecule has 3 aliphatic heterocycles. The van der Waals surface area contributed by atoms with E-state index < -0.39 is 29.7 Å². The first-order chi connectivity index (χ1) is 16.8. The van der Waals surface area contributed by atoms with Gasteiger partial charge in [-0.05, 0) is 25.0 Å². The Balaban J connectivity index is 1.28. The largest absolute Gasteiger partial charge is 0.361 e. The SMILES string of the molecule is CN(Cc1nc(-c2cccc(N3CCCC3=O)c2)no1)C1=CC(=O)N(C2CCC(=O)NC2=O)C1=O. The minimum Gasteiger partial charge on any atom is -0.361 e.